The molecule has 7 heteroatoms. The van der Waals surface area contributed by atoms with Gasteiger partial charge in [0.2, 0.25) is 5.75 Å². The van der Waals surface area contributed by atoms with E-state index in [1.807, 2.05) is 6.07 Å². The first-order valence-corrected chi connectivity index (χ1v) is 6.05. The molecule has 0 fully saturated rings. The Morgan fingerprint density at radius 2 is 1.77 bits per heavy atom. The van der Waals surface area contributed by atoms with Crippen molar-refractivity contribution in [3.63, 3.8) is 0 Å². The summed E-state index contributed by atoms with van der Waals surface area (Å²) in [5, 5.41) is 49.2. The molecule has 0 aliphatic carbocycles. The first-order chi connectivity index (χ1) is 10.5. The van der Waals surface area contributed by atoms with E-state index in [2.05, 4.69) is 0 Å². The number of hydrogen-bond acceptors (Lipinski definition) is 6. The molecular formula is C15H10N2O5. The maximum Gasteiger partial charge on any atom is 0.315 e. The van der Waals surface area contributed by atoms with Crippen molar-refractivity contribution in [2.45, 2.75) is 0 Å². The van der Waals surface area contributed by atoms with Gasteiger partial charge in [0, 0.05) is 11.6 Å². The van der Waals surface area contributed by atoms with E-state index in [0.717, 1.165) is 12.1 Å². The van der Waals surface area contributed by atoms with E-state index in [1.165, 1.54) is 0 Å². The van der Waals surface area contributed by atoms with Crippen LogP contribution in [0.1, 0.15) is 11.1 Å². The van der Waals surface area contributed by atoms with Gasteiger partial charge in [-0.1, -0.05) is 30.3 Å². The predicted molar refractivity (Wildman–Crippen MR) is 77.9 cm³/mol. The molecule has 2 rings (SSSR count). The van der Waals surface area contributed by atoms with E-state index in [1.54, 1.807) is 30.3 Å². The highest BCUT2D eigenvalue weighted by Crippen LogP contribution is 2.38. The molecule has 0 aromatic heterocycles. The summed E-state index contributed by atoms with van der Waals surface area (Å²) in [7, 11) is 0. The third kappa shape index (κ3) is 2.66. The Labute approximate surface area is 124 Å². The Morgan fingerprint density at radius 3 is 2.32 bits per heavy atom. The zero-order chi connectivity index (χ0) is 16.3. The monoisotopic (exact) mass is 298 g/mol. The van der Waals surface area contributed by atoms with Gasteiger partial charge >= 0.3 is 5.69 Å². The quantitative estimate of drug-likeness (QED) is 0.199. The van der Waals surface area contributed by atoms with Crippen LogP contribution in [0.15, 0.2) is 42.5 Å². The van der Waals surface area contributed by atoms with Gasteiger partial charge in [-0.3, -0.25) is 10.1 Å². The third-order valence-corrected chi connectivity index (χ3v) is 2.95. The molecule has 0 aliphatic rings. The first kappa shape index (κ1) is 14.9. The van der Waals surface area contributed by atoms with Crippen molar-refractivity contribution in [1.82, 2.24) is 0 Å². The molecule has 2 aromatic carbocycles. The Morgan fingerprint density at radius 1 is 1.14 bits per heavy atom. The van der Waals surface area contributed by atoms with Crippen molar-refractivity contribution in [3.8, 4) is 17.6 Å². The number of nitriles is 1. The average Bonchev–Trinajstić information content (AvgIpc) is 2.51. The van der Waals surface area contributed by atoms with Crippen molar-refractivity contribution < 1.29 is 20.2 Å². The standard InChI is InChI=1S/C15H10N2O5/c16-8-11(9-4-2-1-3-5-9)14(19)10-6-12(17(21)22)15(20)13(18)7-10/h1-7,18-20H/b14-11-. The maximum absolute atomic E-state index is 10.8. The summed E-state index contributed by atoms with van der Waals surface area (Å²) < 4.78 is 0. The van der Waals surface area contributed by atoms with Crippen LogP contribution in [-0.2, 0) is 0 Å². The lowest BCUT2D eigenvalue weighted by atomic mass is 10.0. The van der Waals surface area contributed by atoms with Crippen molar-refractivity contribution >= 4 is 17.0 Å². The van der Waals surface area contributed by atoms with Crippen LogP contribution in [0.2, 0.25) is 0 Å². The Bertz CT molecular complexity index is 807. The molecule has 22 heavy (non-hydrogen) atoms. The minimum Gasteiger partial charge on any atom is -0.506 e. The number of aliphatic hydroxyl groups excluding tert-OH is 1. The summed E-state index contributed by atoms with van der Waals surface area (Å²) in [4.78, 5) is 9.93. The molecular weight excluding hydrogens is 288 g/mol. The van der Waals surface area contributed by atoms with E-state index in [0.29, 0.717) is 5.56 Å². The summed E-state index contributed by atoms with van der Waals surface area (Å²) in [5.41, 5.74) is -0.619. The molecule has 0 aliphatic heterocycles. The lowest BCUT2D eigenvalue weighted by molar-refractivity contribution is -0.386. The second-order valence-electron chi connectivity index (χ2n) is 4.32. The number of nitro groups is 1. The van der Waals surface area contributed by atoms with E-state index in [9.17, 15) is 30.7 Å². The summed E-state index contributed by atoms with van der Waals surface area (Å²) in [6.45, 7) is 0. The van der Waals surface area contributed by atoms with Crippen LogP contribution >= 0.6 is 0 Å². The number of rotatable bonds is 3. The van der Waals surface area contributed by atoms with Crippen LogP contribution in [0.4, 0.5) is 5.69 Å². The second kappa shape index (κ2) is 5.85. The van der Waals surface area contributed by atoms with Crippen molar-refractivity contribution in [2.75, 3.05) is 0 Å². The molecule has 2 aromatic rings. The molecule has 0 saturated carbocycles. The van der Waals surface area contributed by atoms with Crippen molar-refractivity contribution in [3.05, 3.63) is 63.7 Å². The molecule has 0 heterocycles. The number of phenols is 2. The van der Waals surface area contributed by atoms with Gasteiger partial charge in [-0.2, -0.15) is 5.26 Å². The van der Waals surface area contributed by atoms with Gasteiger partial charge < -0.3 is 15.3 Å². The van der Waals surface area contributed by atoms with Gasteiger partial charge in [-0.05, 0) is 11.6 Å². The molecule has 0 radical (unpaired) electrons. The number of nitrogens with zero attached hydrogens (tertiary/aromatic N) is 2. The number of nitro benzene ring substituents is 1. The largest absolute Gasteiger partial charge is 0.506 e. The summed E-state index contributed by atoms with van der Waals surface area (Å²) in [6.07, 6.45) is 0. The minimum atomic E-state index is -0.903. The van der Waals surface area contributed by atoms with E-state index >= 15 is 0 Å². The van der Waals surface area contributed by atoms with Crippen LogP contribution in [0.25, 0.3) is 11.3 Å². The van der Waals surface area contributed by atoms with Crippen LogP contribution in [0.5, 0.6) is 11.5 Å². The average molecular weight is 298 g/mol. The van der Waals surface area contributed by atoms with Gasteiger partial charge in [0.25, 0.3) is 0 Å². The fourth-order valence-electron chi connectivity index (χ4n) is 1.88. The molecule has 0 atom stereocenters. The molecule has 3 N–H and O–H groups in total. The summed E-state index contributed by atoms with van der Waals surface area (Å²) in [5.74, 6) is -2.20. The fourth-order valence-corrected chi connectivity index (χ4v) is 1.88. The maximum atomic E-state index is 10.8. The highest BCUT2D eigenvalue weighted by atomic mass is 16.6. The molecule has 0 saturated heterocycles. The molecule has 7 nitrogen and oxygen atoms in total. The fraction of sp³-hybridized carbons (Fsp3) is 0. The van der Waals surface area contributed by atoms with Crippen molar-refractivity contribution in [1.29, 1.82) is 5.26 Å². The van der Waals surface area contributed by atoms with Gasteiger partial charge in [0.1, 0.15) is 17.4 Å². The Hall–Kier alpha value is -3.53. The number of aromatic hydroxyl groups is 2. The number of hydrogen-bond donors (Lipinski definition) is 3. The SMILES string of the molecule is N#C/C(=C(/O)c1cc(O)c(O)c([N+](=O)[O-])c1)c1ccccc1. The van der Waals surface area contributed by atoms with Crippen molar-refractivity contribution in [2.24, 2.45) is 0 Å². The van der Waals surface area contributed by atoms with Gasteiger partial charge in [-0.25, -0.2) is 0 Å². The third-order valence-electron chi connectivity index (χ3n) is 2.95. The zero-order valence-corrected chi connectivity index (χ0v) is 11.1. The molecule has 0 unspecified atom stereocenters. The molecule has 110 valence electrons. The summed E-state index contributed by atoms with van der Waals surface area (Å²) in [6, 6.07) is 11.9. The molecule has 0 spiro atoms. The Kier molecular flexibility index (Phi) is 3.95. The normalized spacial score (nSPS) is 11.4. The predicted octanol–water partition coefficient (Wildman–Crippen LogP) is 2.96. The van der Waals surface area contributed by atoms with E-state index in [4.69, 9.17) is 0 Å². The van der Waals surface area contributed by atoms with Crippen LogP contribution in [-0.4, -0.2) is 20.2 Å². The molecule has 0 amide bonds. The highest BCUT2D eigenvalue weighted by molar-refractivity contribution is 5.94. The van der Waals surface area contributed by atoms with Crippen LogP contribution in [0, 0.1) is 21.4 Å². The topological polar surface area (TPSA) is 128 Å². The Balaban J connectivity index is 2.67. The minimum absolute atomic E-state index is 0.111. The van der Waals surface area contributed by atoms with Gasteiger partial charge in [-0.15, -0.1) is 0 Å². The van der Waals surface area contributed by atoms with Crippen LogP contribution < -0.4 is 0 Å². The van der Waals surface area contributed by atoms with E-state index in [-0.39, 0.29) is 11.1 Å². The van der Waals surface area contributed by atoms with Crippen LogP contribution in [0.3, 0.4) is 0 Å². The lowest BCUT2D eigenvalue weighted by Crippen LogP contribution is -1.94. The number of benzene rings is 2. The highest BCUT2D eigenvalue weighted by Gasteiger charge is 2.21. The number of aliphatic hydroxyl groups is 1. The lowest BCUT2D eigenvalue weighted by Gasteiger charge is -2.07. The van der Waals surface area contributed by atoms with E-state index < -0.39 is 27.9 Å². The first-order valence-electron chi connectivity index (χ1n) is 6.05. The molecule has 0 bridgehead atoms. The number of allylic oxidation sites excluding steroid dienone is 1. The number of phenolic OH excluding ortho intramolecular Hbond substituents is 2. The zero-order valence-electron chi connectivity index (χ0n) is 11.1. The van der Waals surface area contributed by atoms with Gasteiger partial charge in [0.05, 0.1) is 4.92 Å². The second-order valence-corrected chi connectivity index (χ2v) is 4.32. The van der Waals surface area contributed by atoms with Gasteiger partial charge in [0.15, 0.2) is 5.75 Å². The smallest absolute Gasteiger partial charge is 0.315 e. The summed E-state index contributed by atoms with van der Waals surface area (Å²) >= 11 is 0.